The first-order chi connectivity index (χ1) is 7.25. The number of carbonyl (C=O) groups is 1. The van der Waals surface area contributed by atoms with E-state index in [0.29, 0.717) is 5.13 Å². The molecule has 0 aromatic carbocycles. The summed E-state index contributed by atoms with van der Waals surface area (Å²) in [5.41, 5.74) is 0. The zero-order valence-electron chi connectivity index (χ0n) is 8.82. The number of nitrogens with zero attached hydrogens (tertiary/aromatic N) is 2. The Morgan fingerprint density at radius 1 is 1.47 bits per heavy atom. The molecule has 1 aromatic rings. The summed E-state index contributed by atoms with van der Waals surface area (Å²) in [7, 11) is 0. The van der Waals surface area contributed by atoms with Crippen LogP contribution in [0.4, 0.5) is 9.93 Å². The van der Waals surface area contributed by atoms with Crippen LogP contribution in [0, 0.1) is 6.92 Å². The van der Waals surface area contributed by atoms with Gasteiger partial charge in [0.15, 0.2) is 5.13 Å². The fourth-order valence-corrected chi connectivity index (χ4v) is 2.33. The van der Waals surface area contributed by atoms with Gasteiger partial charge in [-0.15, -0.1) is 11.3 Å². The van der Waals surface area contributed by atoms with Crippen LogP contribution in [0.3, 0.4) is 0 Å². The van der Waals surface area contributed by atoms with Gasteiger partial charge in [-0.1, -0.05) is 0 Å². The quantitative estimate of drug-likeness (QED) is 0.798. The van der Waals surface area contributed by atoms with E-state index >= 15 is 0 Å². The molecule has 2 heterocycles. The first-order valence-corrected chi connectivity index (χ1v) is 6.06. The Balaban J connectivity index is 1.91. The molecule has 1 saturated heterocycles. The summed E-state index contributed by atoms with van der Waals surface area (Å²) in [6, 6.07) is -0.0101. The predicted molar refractivity (Wildman–Crippen MR) is 61.3 cm³/mol. The molecule has 0 aliphatic carbocycles. The van der Waals surface area contributed by atoms with E-state index in [1.807, 2.05) is 11.8 Å². The highest BCUT2D eigenvalue weighted by Crippen LogP contribution is 2.18. The van der Waals surface area contributed by atoms with Gasteiger partial charge in [-0.2, -0.15) is 0 Å². The van der Waals surface area contributed by atoms with Gasteiger partial charge in [0.05, 0.1) is 0 Å². The van der Waals surface area contributed by atoms with Crippen molar-refractivity contribution < 1.29 is 4.79 Å². The summed E-state index contributed by atoms with van der Waals surface area (Å²) in [5.74, 6) is 0. The molecule has 0 bridgehead atoms. The van der Waals surface area contributed by atoms with Crippen molar-refractivity contribution in [2.24, 2.45) is 0 Å². The van der Waals surface area contributed by atoms with Crippen molar-refractivity contribution in [3.05, 3.63) is 11.1 Å². The van der Waals surface area contributed by atoms with Crippen LogP contribution in [0.1, 0.15) is 24.1 Å². The highest BCUT2D eigenvalue weighted by atomic mass is 32.1. The third-order valence-electron chi connectivity index (χ3n) is 2.48. The highest BCUT2D eigenvalue weighted by Gasteiger charge is 2.16. The first-order valence-electron chi connectivity index (χ1n) is 5.24. The van der Waals surface area contributed by atoms with Gasteiger partial charge in [0.1, 0.15) is 0 Å². The van der Waals surface area contributed by atoms with Gasteiger partial charge in [-0.05, 0) is 26.2 Å². The van der Waals surface area contributed by atoms with Gasteiger partial charge in [-0.25, -0.2) is 9.78 Å². The van der Waals surface area contributed by atoms with Crippen LogP contribution < -0.4 is 5.32 Å². The number of thiazole rings is 1. The Kier molecular flexibility index (Phi) is 3.20. The lowest BCUT2D eigenvalue weighted by atomic mass is 10.1. The molecule has 82 valence electrons. The Morgan fingerprint density at radius 3 is 2.80 bits per heavy atom. The van der Waals surface area contributed by atoms with Crippen LogP contribution in [0.2, 0.25) is 0 Å². The fraction of sp³-hybridized carbons (Fsp3) is 0.600. The normalized spacial score (nSPS) is 16.5. The van der Waals surface area contributed by atoms with Crippen LogP contribution in [-0.4, -0.2) is 29.0 Å². The summed E-state index contributed by atoms with van der Waals surface area (Å²) in [5, 5.41) is 3.52. The average Bonchev–Trinajstić information content (AvgIpc) is 2.65. The van der Waals surface area contributed by atoms with Gasteiger partial charge in [0, 0.05) is 24.2 Å². The van der Waals surface area contributed by atoms with Crippen LogP contribution in [-0.2, 0) is 0 Å². The lowest BCUT2D eigenvalue weighted by molar-refractivity contribution is 0.200. The van der Waals surface area contributed by atoms with Crippen LogP contribution in [0.5, 0.6) is 0 Å². The van der Waals surface area contributed by atoms with Gasteiger partial charge < -0.3 is 4.90 Å². The number of likely N-dealkylation sites (tertiary alicyclic amines) is 1. The van der Waals surface area contributed by atoms with E-state index in [1.165, 1.54) is 17.8 Å². The van der Waals surface area contributed by atoms with Gasteiger partial charge >= 0.3 is 6.03 Å². The summed E-state index contributed by atoms with van der Waals surface area (Å²) >= 11 is 1.51. The zero-order chi connectivity index (χ0) is 10.7. The smallest absolute Gasteiger partial charge is 0.323 e. The minimum absolute atomic E-state index is 0.0101. The van der Waals surface area contributed by atoms with Crippen LogP contribution in [0.25, 0.3) is 0 Å². The molecule has 4 nitrogen and oxygen atoms in total. The minimum Gasteiger partial charge on any atom is -0.324 e. The lowest BCUT2D eigenvalue weighted by Gasteiger charge is -2.26. The van der Waals surface area contributed by atoms with Crippen molar-refractivity contribution >= 4 is 22.5 Å². The topological polar surface area (TPSA) is 45.2 Å². The fourth-order valence-electron chi connectivity index (χ4n) is 1.68. The van der Waals surface area contributed by atoms with Crippen molar-refractivity contribution in [1.29, 1.82) is 0 Å². The van der Waals surface area contributed by atoms with E-state index in [0.717, 1.165) is 30.8 Å². The molecule has 1 fully saturated rings. The number of urea groups is 1. The summed E-state index contributed by atoms with van der Waals surface area (Å²) < 4.78 is 0. The van der Waals surface area contributed by atoms with Crippen molar-refractivity contribution in [3.8, 4) is 0 Å². The second-order valence-corrected chi connectivity index (χ2v) is 4.99. The Bertz CT molecular complexity index is 344. The minimum atomic E-state index is -0.0101. The number of aromatic nitrogens is 1. The van der Waals surface area contributed by atoms with Crippen molar-refractivity contribution in [3.63, 3.8) is 0 Å². The van der Waals surface area contributed by atoms with Gasteiger partial charge in [-0.3, -0.25) is 5.32 Å². The number of amides is 2. The Morgan fingerprint density at radius 2 is 2.20 bits per heavy atom. The summed E-state index contributed by atoms with van der Waals surface area (Å²) in [6.45, 7) is 3.72. The Hall–Kier alpha value is -1.10. The van der Waals surface area contributed by atoms with Crippen LogP contribution >= 0.6 is 11.3 Å². The second kappa shape index (κ2) is 4.61. The molecular formula is C10H15N3OS. The van der Waals surface area contributed by atoms with E-state index in [4.69, 9.17) is 0 Å². The molecule has 1 aliphatic rings. The number of hydrogen-bond donors (Lipinski definition) is 1. The van der Waals surface area contributed by atoms with Crippen molar-refractivity contribution in [2.45, 2.75) is 26.2 Å². The van der Waals surface area contributed by atoms with E-state index < -0.39 is 0 Å². The number of aryl methyl sites for hydroxylation is 1. The maximum atomic E-state index is 11.8. The number of nitrogens with one attached hydrogen (secondary N) is 1. The van der Waals surface area contributed by atoms with Gasteiger partial charge in [0.25, 0.3) is 0 Å². The molecule has 0 spiro atoms. The molecule has 0 atom stereocenters. The summed E-state index contributed by atoms with van der Waals surface area (Å²) in [4.78, 5) is 18.8. The molecule has 1 aliphatic heterocycles. The van der Waals surface area contributed by atoms with E-state index in [-0.39, 0.29) is 6.03 Å². The maximum absolute atomic E-state index is 11.8. The molecule has 0 unspecified atom stereocenters. The molecule has 0 radical (unpaired) electrons. The van der Waals surface area contributed by atoms with Crippen molar-refractivity contribution in [2.75, 3.05) is 18.4 Å². The highest BCUT2D eigenvalue weighted by molar-refractivity contribution is 7.15. The molecule has 15 heavy (non-hydrogen) atoms. The first kappa shape index (κ1) is 10.4. The molecule has 1 N–H and O–H groups in total. The van der Waals surface area contributed by atoms with Gasteiger partial charge in [0.2, 0.25) is 0 Å². The second-order valence-electron chi connectivity index (χ2n) is 3.75. The summed E-state index contributed by atoms with van der Waals surface area (Å²) in [6.07, 6.45) is 5.24. The Labute approximate surface area is 93.3 Å². The standard InChI is InChI=1S/C10H15N3OS/c1-8-7-11-9(15-8)12-10(14)13-5-3-2-4-6-13/h7H,2-6H2,1H3,(H,11,12,14). The molecule has 1 aromatic heterocycles. The monoisotopic (exact) mass is 225 g/mol. The molecular weight excluding hydrogens is 210 g/mol. The third kappa shape index (κ3) is 2.68. The molecule has 2 amide bonds. The van der Waals surface area contributed by atoms with Crippen molar-refractivity contribution in [1.82, 2.24) is 9.88 Å². The molecule has 5 heteroatoms. The lowest BCUT2D eigenvalue weighted by Crippen LogP contribution is -2.38. The van der Waals surface area contributed by atoms with E-state index in [1.54, 1.807) is 6.20 Å². The van der Waals surface area contributed by atoms with Crippen LogP contribution in [0.15, 0.2) is 6.20 Å². The number of piperidine rings is 1. The number of hydrogen-bond acceptors (Lipinski definition) is 3. The number of rotatable bonds is 1. The van der Waals surface area contributed by atoms with E-state index in [2.05, 4.69) is 10.3 Å². The predicted octanol–water partition coefficient (Wildman–Crippen LogP) is 2.47. The van der Waals surface area contributed by atoms with E-state index in [9.17, 15) is 4.79 Å². The number of anilines is 1. The number of carbonyl (C=O) groups excluding carboxylic acids is 1. The maximum Gasteiger partial charge on any atom is 0.323 e. The third-order valence-corrected chi connectivity index (χ3v) is 3.31. The molecule has 2 rings (SSSR count). The zero-order valence-corrected chi connectivity index (χ0v) is 9.64. The molecule has 0 saturated carbocycles. The SMILES string of the molecule is Cc1cnc(NC(=O)N2CCCCC2)s1. The largest absolute Gasteiger partial charge is 0.324 e. The average molecular weight is 225 g/mol.